The number of nitrogens with one attached hydrogen (secondary N) is 1. The molecule has 20 heavy (non-hydrogen) atoms. The number of rotatable bonds is 2. The van der Waals surface area contributed by atoms with E-state index in [1.54, 1.807) is 18.2 Å². The molecule has 0 radical (unpaired) electrons. The average Bonchev–Trinajstić information content (AvgIpc) is 3.00. The van der Waals surface area contributed by atoms with Crippen LogP contribution in [0.1, 0.15) is 32.1 Å². The lowest BCUT2D eigenvalue weighted by Gasteiger charge is -2.28. The molecule has 3 rings (SSSR count). The van der Waals surface area contributed by atoms with Crippen LogP contribution in [0.15, 0.2) is 24.3 Å². The molecular formula is C15H16ClNO3. The molecule has 1 aliphatic carbocycles. The molecule has 1 aromatic rings. The summed E-state index contributed by atoms with van der Waals surface area (Å²) >= 11 is 6.04. The molecule has 106 valence electrons. The van der Waals surface area contributed by atoms with Crippen LogP contribution in [0.4, 0.5) is 5.69 Å². The summed E-state index contributed by atoms with van der Waals surface area (Å²) in [5.41, 5.74) is -0.00532. The zero-order chi connectivity index (χ0) is 14.2. The van der Waals surface area contributed by atoms with Crippen molar-refractivity contribution in [2.75, 3.05) is 5.32 Å². The van der Waals surface area contributed by atoms with E-state index >= 15 is 0 Å². The summed E-state index contributed by atoms with van der Waals surface area (Å²) < 4.78 is 5.48. The van der Waals surface area contributed by atoms with Crippen molar-refractivity contribution >= 4 is 29.2 Å². The Morgan fingerprint density at radius 3 is 2.70 bits per heavy atom. The molecule has 2 fully saturated rings. The lowest BCUT2D eigenvalue weighted by molar-refractivity contribution is -0.149. The minimum Gasteiger partial charge on any atom is -0.458 e. The number of amides is 1. The number of hydrogen-bond donors (Lipinski definition) is 1. The Balaban J connectivity index is 1.80. The van der Waals surface area contributed by atoms with Gasteiger partial charge in [-0.1, -0.05) is 23.7 Å². The van der Waals surface area contributed by atoms with Gasteiger partial charge in [-0.15, -0.1) is 0 Å². The summed E-state index contributed by atoms with van der Waals surface area (Å²) in [6, 6.07) is 7.08. The van der Waals surface area contributed by atoms with Crippen molar-refractivity contribution in [3.05, 3.63) is 29.3 Å². The van der Waals surface area contributed by atoms with Gasteiger partial charge in [0.2, 0.25) is 5.91 Å². The van der Waals surface area contributed by atoms with Gasteiger partial charge in [-0.2, -0.15) is 0 Å². The number of halogens is 1. The van der Waals surface area contributed by atoms with Gasteiger partial charge in [0.05, 0.1) is 23.0 Å². The molecule has 5 heteroatoms. The number of benzene rings is 1. The normalized spacial score (nSPS) is 23.9. The first-order valence-electron chi connectivity index (χ1n) is 6.88. The second-order valence-corrected chi connectivity index (χ2v) is 5.88. The molecule has 1 spiro atoms. The summed E-state index contributed by atoms with van der Waals surface area (Å²) in [5.74, 6) is -0.856. The number of anilines is 1. The predicted octanol–water partition coefficient (Wildman–Crippen LogP) is 3.15. The number of esters is 1. The molecule has 1 aromatic carbocycles. The van der Waals surface area contributed by atoms with Crippen LogP contribution < -0.4 is 5.32 Å². The Bertz CT molecular complexity index is 552. The smallest absolute Gasteiger partial charge is 0.307 e. The average molecular weight is 294 g/mol. The Kier molecular flexibility index (Phi) is 3.42. The zero-order valence-electron chi connectivity index (χ0n) is 11.0. The monoisotopic (exact) mass is 293 g/mol. The third kappa shape index (κ3) is 2.29. The number of hydrogen-bond acceptors (Lipinski definition) is 3. The fraction of sp³-hybridized carbons (Fsp3) is 0.467. The third-order valence-corrected chi connectivity index (χ3v) is 4.55. The first-order valence-corrected chi connectivity index (χ1v) is 7.26. The van der Waals surface area contributed by atoms with Crippen LogP contribution >= 0.6 is 11.6 Å². The lowest BCUT2D eigenvalue weighted by Crippen LogP contribution is -2.39. The molecule has 1 amide bonds. The molecule has 0 aromatic heterocycles. The second-order valence-electron chi connectivity index (χ2n) is 5.47. The fourth-order valence-electron chi connectivity index (χ4n) is 3.23. The quantitative estimate of drug-likeness (QED) is 0.852. The summed E-state index contributed by atoms with van der Waals surface area (Å²) in [5, 5.41) is 3.31. The highest BCUT2D eigenvalue weighted by Crippen LogP contribution is 2.46. The molecular weight excluding hydrogens is 278 g/mol. The molecule has 0 bridgehead atoms. The van der Waals surface area contributed by atoms with Crippen LogP contribution in [0.25, 0.3) is 0 Å². The molecule has 2 aliphatic rings. The topological polar surface area (TPSA) is 55.4 Å². The van der Waals surface area contributed by atoms with E-state index in [0.717, 1.165) is 25.7 Å². The van der Waals surface area contributed by atoms with Gasteiger partial charge in [-0.25, -0.2) is 0 Å². The molecule has 1 unspecified atom stereocenters. The van der Waals surface area contributed by atoms with Crippen LogP contribution in [0.3, 0.4) is 0 Å². The molecule has 1 atom stereocenters. The van der Waals surface area contributed by atoms with E-state index in [0.29, 0.717) is 10.7 Å². The summed E-state index contributed by atoms with van der Waals surface area (Å²) in [7, 11) is 0. The first-order chi connectivity index (χ1) is 9.61. The summed E-state index contributed by atoms with van der Waals surface area (Å²) in [6.45, 7) is 0. The molecule has 1 saturated heterocycles. The maximum absolute atomic E-state index is 12.5. The van der Waals surface area contributed by atoms with Crippen LogP contribution in [0.2, 0.25) is 5.02 Å². The highest BCUT2D eigenvalue weighted by Gasteiger charge is 2.53. The van der Waals surface area contributed by atoms with Crippen molar-refractivity contribution in [2.24, 2.45) is 5.92 Å². The van der Waals surface area contributed by atoms with E-state index in [2.05, 4.69) is 5.32 Å². The van der Waals surface area contributed by atoms with E-state index in [-0.39, 0.29) is 18.3 Å². The number of carbonyl (C=O) groups is 2. The third-order valence-electron chi connectivity index (χ3n) is 4.22. The van der Waals surface area contributed by atoms with Gasteiger partial charge in [0.15, 0.2) is 0 Å². The first kappa shape index (κ1) is 13.4. The predicted molar refractivity (Wildman–Crippen MR) is 75.5 cm³/mol. The van der Waals surface area contributed by atoms with E-state index in [9.17, 15) is 9.59 Å². The Hall–Kier alpha value is -1.55. The van der Waals surface area contributed by atoms with Gasteiger partial charge in [-0.3, -0.25) is 9.59 Å². The van der Waals surface area contributed by atoms with Crippen LogP contribution in [-0.2, 0) is 14.3 Å². The standard InChI is InChI=1S/C15H16ClNO3/c16-11-5-1-2-6-12(11)17-14(19)10-9-13(18)20-15(10)7-3-4-8-15/h1-2,5-6,10H,3-4,7-9H2,(H,17,19). The van der Waals surface area contributed by atoms with Gasteiger partial charge in [0.25, 0.3) is 0 Å². The van der Waals surface area contributed by atoms with Gasteiger partial charge in [-0.05, 0) is 37.8 Å². The maximum atomic E-state index is 12.5. The zero-order valence-corrected chi connectivity index (χ0v) is 11.8. The Labute approximate surface area is 122 Å². The number of para-hydroxylation sites is 1. The highest BCUT2D eigenvalue weighted by molar-refractivity contribution is 6.33. The Morgan fingerprint density at radius 2 is 2.00 bits per heavy atom. The van der Waals surface area contributed by atoms with Gasteiger partial charge in [0, 0.05) is 0 Å². The Morgan fingerprint density at radius 1 is 1.30 bits per heavy atom. The van der Waals surface area contributed by atoms with Crippen molar-refractivity contribution in [2.45, 2.75) is 37.7 Å². The van der Waals surface area contributed by atoms with E-state index in [1.807, 2.05) is 6.07 Å². The second kappa shape index (κ2) is 5.09. The van der Waals surface area contributed by atoms with Crippen molar-refractivity contribution < 1.29 is 14.3 Å². The van der Waals surface area contributed by atoms with Crippen LogP contribution in [0.5, 0.6) is 0 Å². The minimum absolute atomic E-state index is 0.163. The highest BCUT2D eigenvalue weighted by atomic mass is 35.5. The number of carbonyl (C=O) groups excluding carboxylic acids is 2. The molecule has 1 heterocycles. The fourth-order valence-corrected chi connectivity index (χ4v) is 3.41. The van der Waals surface area contributed by atoms with Crippen molar-refractivity contribution in [1.29, 1.82) is 0 Å². The maximum Gasteiger partial charge on any atom is 0.307 e. The lowest BCUT2D eigenvalue weighted by atomic mass is 9.85. The van der Waals surface area contributed by atoms with Gasteiger partial charge in [0.1, 0.15) is 5.60 Å². The summed E-state index contributed by atoms with van der Waals surface area (Å²) in [6.07, 6.45) is 3.72. The van der Waals surface area contributed by atoms with E-state index in [4.69, 9.17) is 16.3 Å². The van der Waals surface area contributed by atoms with Crippen molar-refractivity contribution in [1.82, 2.24) is 0 Å². The SMILES string of the molecule is O=C1CC(C(=O)Nc2ccccc2Cl)C2(CCCC2)O1. The largest absolute Gasteiger partial charge is 0.458 e. The van der Waals surface area contributed by atoms with Crippen LogP contribution in [-0.4, -0.2) is 17.5 Å². The van der Waals surface area contributed by atoms with Gasteiger partial charge < -0.3 is 10.1 Å². The van der Waals surface area contributed by atoms with Gasteiger partial charge >= 0.3 is 5.97 Å². The van der Waals surface area contributed by atoms with E-state index in [1.165, 1.54) is 0 Å². The molecule has 1 aliphatic heterocycles. The van der Waals surface area contributed by atoms with Crippen molar-refractivity contribution in [3.8, 4) is 0 Å². The number of ether oxygens (including phenoxy) is 1. The minimum atomic E-state index is -0.581. The molecule has 4 nitrogen and oxygen atoms in total. The van der Waals surface area contributed by atoms with Crippen LogP contribution in [0, 0.1) is 5.92 Å². The van der Waals surface area contributed by atoms with Crippen molar-refractivity contribution in [3.63, 3.8) is 0 Å². The molecule has 1 saturated carbocycles. The summed E-state index contributed by atoms with van der Waals surface area (Å²) in [4.78, 5) is 24.1. The molecule has 1 N–H and O–H groups in total. The van der Waals surface area contributed by atoms with E-state index < -0.39 is 11.5 Å².